The fraction of sp³-hybridized carbons (Fsp3) is 0.300. The van der Waals surface area contributed by atoms with Crippen molar-refractivity contribution in [2.75, 3.05) is 0 Å². The molecule has 1 aromatic carbocycles. The molecule has 0 saturated carbocycles. The predicted octanol–water partition coefficient (Wildman–Crippen LogP) is 8.37. The van der Waals surface area contributed by atoms with E-state index in [1.165, 1.54) is 0 Å². The van der Waals surface area contributed by atoms with Gasteiger partial charge in [-0.3, -0.25) is 0 Å². The maximum atomic E-state index is 3.53. The van der Waals surface area contributed by atoms with Gasteiger partial charge in [0, 0.05) is 0 Å². The van der Waals surface area contributed by atoms with Crippen LogP contribution in [0.25, 0.3) is 11.1 Å². The lowest BCUT2D eigenvalue weighted by molar-refractivity contribution is 1.59. The van der Waals surface area contributed by atoms with E-state index in [2.05, 4.69) is 150 Å². The summed E-state index contributed by atoms with van der Waals surface area (Å²) < 4.78 is 1.75. The molecule has 0 fully saturated rings. The summed E-state index contributed by atoms with van der Waals surface area (Å²) in [5.41, 5.74) is 10.9. The second-order valence-electron chi connectivity index (χ2n) is 7.85. The van der Waals surface area contributed by atoms with Crippen LogP contribution in [0.2, 0.25) is 39.3 Å². The molecule has 0 atom stereocenters. The van der Waals surface area contributed by atoms with E-state index in [9.17, 15) is 0 Å². The Morgan fingerprint density at radius 2 is 0.885 bits per heavy atom. The van der Waals surface area contributed by atoms with E-state index < -0.39 is 16.1 Å². The van der Waals surface area contributed by atoms with Crippen molar-refractivity contribution >= 4 is 91.0 Å². The molecule has 0 nitrogen and oxygen atoms in total. The molecule has 26 heavy (non-hydrogen) atoms. The van der Waals surface area contributed by atoms with E-state index in [0.717, 1.165) is 29.1 Å². The average molecular weight is 638 g/mol. The Balaban J connectivity index is 3.32. The molecule has 6 heteroatoms. The predicted molar refractivity (Wildman–Crippen MR) is 138 cm³/mol. The second-order valence-corrected chi connectivity index (χ2v) is 22.6. The van der Waals surface area contributed by atoms with Crippen LogP contribution in [-0.2, 0) is 0 Å². The van der Waals surface area contributed by atoms with Gasteiger partial charge in [0.2, 0.25) is 0 Å². The molecule has 0 N–H and O–H groups in total. The lowest BCUT2D eigenvalue weighted by atomic mass is 10.0. The lowest BCUT2D eigenvalue weighted by Crippen LogP contribution is -2.16. The van der Waals surface area contributed by atoms with Crippen molar-refractivity contribution in [1.82, 2.24) is 0 Å². The summed E-state index contributed by atoms with van der Waals surface area (Å²) in [6, 6.07) is 8.35. The topological polar surface area (TPSA) is 0 Å². The number of hydrogen-bond donors (Lipinski definition) is 0. The number of rotatable bonds is 2. The van der Waals surface area contributed by atoms with E-state index in [1.807, 2.05) is 0 Å². The van der Waals surface area contributed by atoms with E-state index >= 15 is 0 Å². The molecule has 0 amide bonds. The van der Waals surface area contributed by atoms with Crippen LogP contribution >= 0.6 is 63.7 Å². The maximum absolute atomic E-state index is 3.53. The van der Waals surface area contributed by atoms with Gasteiger partial charge in [-0.25, -0.2) is 0 Å². The molecular weight excluding hydrogens is 616 g/mol. The molecule has 0 saturated heterocycles. The van der Waals surface area contributed by atoms with Gasteiger partial charge >= 0.3 is 0 Å². The zero-order chi connectivity index (χ0) is 20.1. The molecule has 1 aromatic rings. The average Bonchev–Trinajstić information content (AvgIpc) is 2.46. The van der Waals surface area contributed by atoms with E-state index in [-0.39, 0.29) is 0 Å². The summed E-state index contributed by atoms with van der Waals surface area (Å²) in [5, 5.41) is 0. The Kier molecular flexibility index (Phi) is 9.40. The van der Waals surface area contributed by atoms with Crippen molar-refractivity contribution in [1.29, 1.82) is 0 Å². The van der Waals surface area contributed by atoms with Gasteiger partial charge in [-0.05, 0) is 74.8 Å². The third-order valence-corrected chi connectivity index (χ3v) is 6.30. The van der Waals surface area contributed by atoms with Crippen LogP contribution in [0, 0.1) is 22.9 Å². The molecule has 0 spiro atoms. The Morgan fingerprint density at radius 3 is 1.08 bits per heavy atom. The largest absolute Gasteiger partial charge is 0.129 e. The maximum Gasteiger partial charge on any atom is 0.129 e. The number of allylic oxidation sites excluding steroid dienone is 2. The monoisotopic (exact) mass is 634 g/mol. The lowest BCUT2D eigenvalue weighted by Gasteiger charge is -2.08. The van der Waals surface area contributed by atoms with E-state index in [0.29, 0.717) is 0 Å². The second kappa shape index (κ2) is 10.1. The first-order chi connectivity index (χ1) is 11.8. The standard InChI is InChI=1S/C20H22Br4Si2/c1-25(2,3)13-11-17(19(21)22)15-7-9-16(10-8-15)18(20(23)24)12-14-26(4,5)6/h7-10H,1-6H3. The smallest absolute Gasteiger partial charge is 0.127 e. The molecule has 0 radical (unpaired) electrons. The van der Waals surface area contributed by atoms with Crippen LogP contribution < -0.4 is 0 Å². The Bertz CT molecular complexity index is 763. The minimum absolute atomic E-state index is 0.875. The summed E-state index contributed by atoms with van der Waals surface area (Å²) in [4.78, 5) is 0. The SMILES string of the molecule is C[Si](C)(C)C#CC(=C(Br)Br)c1ccc(C(C#C[Si](C)(C)C)=C(Br)Br)cc1. The first-order valence-corrected chi connectivity index (χ1v) is 18.2. The van der Waals surface area contributed by atoms with Crippen molar-refractivity contribution in [3.05, 3.63) is 42.2 Å². The third-order valence-electron chi connectivity index (χ3n) is 2.97. The van der Waals surface area contributed by atoms with Gasteiger partial charge in [0.15, 0.2) is 0 Å². The molecule has 0 aromatic heterocycles. The van der Waals surface area contributed by atoms with Gasteiger partial charge in [-0.2, -0.15) is 0 Å². The van der Waals surface area contributed by atoms with Gasteiger partial charge < -0.3 is 0 Å². The zero-order valence-corrected chi connectivity index (χ0v) is 24.2. The van der Waals surface area contributed by atoms with Crippen LogP contribution in [0.4, 0.5) is 0 Å². The quantitative estimate of drug-likeness (QED) is 0.226. The highest BCUT2D eigenvalue weighted by molar-refractivity contribution is 9.28. The van der Waals surface area contributed by atoms with Crippen molar-refractivity contribution in [3.8, 4) is 22.9 Å². The van der Waals surface area contributed by atoms with Gasteiger partial charge in [-0.1, -0.05) is 75.4 Å². The Morgan fingerprint density at radius 1 is 0.615 bits per heavy atom. The highest BCUT2D eigenvalue weighted by Crippen LogP contribution is 2.31. The molecular formula is C20H22Br4Si2. The van der Waals surface area contributed by atoms with E-state index in [1.54, 1.807) is 0 Å². The van der Waals surface area contributed by atoms with Gasteiger partial charge in [0.25, 0.3) is 0 Å². The number of hydrogen-bond acceptors (Lipinski definition) is 0. The van der Waals surface area contributed by atoms with Crippen molar-refractivity contribution in [2.24, 2.45) is 0 Å². The van der Waals surface area contributed by atoms with Crippen LogP contribution in [0.3, 0.4) is 0 Å². The molecule has 0 aliphatic rings. The molecule has 138 valence electrons. The molecule has 0 aliphatic heterocycles. The van der Waals surface area contributed by atoms with Gasteiger partial charge in [0.1, 0.15) is 16.1 Å². The van der Waals surface area contributed by atoms with Gasteiger partial charge in [-0.15, -0.1) is 11.1 Å². The van der Waals surface area contributed by atoms with E-state index in [4.69, 9.17) is 0 Å². The Labute approximate surface area is 193 Å². The minimum atomic E-state index is -1.44. The highest BCUT2D eigenvalue weighted by atomic mass is 79.9. The highest BCUT2D eigenvalue weighted by Gasteiger charge is 2.12. The van der Waals surface area contributed by atoms with Crippen LogP contribution in [-0.4, -0.2) is 16.1 Å². The third kappa shape index (κ3) is 8.91. The van der Waals surface area contributed by atoms with Crippen LogP contribution in [0.1, 0.15) is 11.1 Å². The number of benzene rings is 1. The fourth-order valence-electron chi connectivity index (χ4n) is 1.76. The zero-order valence-electron chi connectivity index (χ0n) is 15.8. The normalized spacial score (nSPS) is 10.8. The summed E-state index contributed by atoms with van der Waals surface area (Å²) >= 11 is 14.1. The summed E-state index contributed by atoms with van der Waals surface area (Å²) in [6.07, 6.45) is 0. The fourth-order valence-corrected chi connectivity index (χ4v) is 4.07. The molecule has 0 heterocycles. The van der Waals surface area contributed by atoms with Gasteiger partial charge in [0.05, 0.1) is 17.9 Å². The molecule has 0 aliphatic carbocycles. The first kappa shape index (κ1) is 24.2. The summed E-state index contributed by atoms with van der Waals surface area (Å²) in [6.45, 7) is 13.4. The van der Waals surface area contributed by atoms with Crippen molar-refractivity contribution in [2.45, 2.75) is 39.3 Å². The molecule has 0 bridgehead atoms. The number of halogens is 4. The van der Waals surface area contributed by atoms with Crippen molar-refractivity contribution < 1.29 is 0 Å². The minimum Gasteiger partial charge on any atom is -0.127 e. The summed E-state index contributed by atoms with van der Waals surface area (Å²) in [7, 11) is -2.88. The Hall–Kier alpha value is 0.174. The van der Waals surface area contributed by atoms with Crippen LogP contribution in [0.5, 0.6) is 0 Å². The van der Waals surface area contributed by atoms with Crippen molar-refractivity contribution in [3.63, 3.8) is 0 Å². The molecule has 1 rings (SSSR count). The van der Waals surface area contributed by atoms with Crippen LogP contribution in [0.15, 0.2) is 31.0 Å². The summed E-state index contributed by atoms with van der Waals surface area (Å²) in [5.74, 6) is 6.67. The first-order valence-electron chi connectivity index (χ1n) is 8.08. The molecule has 0 unspecified atom stereocenters.